The van der Waals surface area contributed by atoms with E-state index in [0.29, 0.717) is 11.3 Å². The number of ketones is 1. The molecular formula is C18H15NO2. The standard InChI is InChI=1S/C18H15NO2/c19-12-16(20)18-15(11-10-13-6-2-1-3-7-13)14-8-4-5-9-17(14)21-18/h1-9,12,19H,10-11H2. The highest BCUT2D eigenvalue weighted by Gasteiger charge is 2.18. The highest BCUT2D eigenvalue weighted by Crippen LogP contribution is 2.27. The Morgan fingerprint density at radius 1 is 1.00 bits per heavy atom. The SMILES string of the molecule is N=CC(=O)c1oc2ccccc2c1CCc1ccccc1. The lowest BCUT2D eigenvalue weighted by Crippen LogP contribution is -2.03. The second-order valence-corrected chi connectivity index (χ2v) is 4.90. The van der Waals surface area contributed by atoms with Crippen molar-refractivity contribution < 1.29 is 9.21 Å². The Morgan fingerprint density at radius 2 is 1.71 bits per heavy atom. The van der Waals surface area contributed by atoms with Crippen LogP contribution in [0.5, 0.6) is 0 Å². The molecule has 0 radical (unpaired) electrons. The lowest BCUT2D eigenvalue weighted by Gasteiger charge is -2.02. The minimum Gasteiger partial charge on any atom is -0.452 e. The summed E-state index contributed by atoms with van der Waals surface area (Å²) in [5.41, 5.74) is 2.81. The Morgan fingerprint density at radius 3 is 2.48 bits per heavy atom. The first-order valence-electron chi connectivity index (χ1n) is 6.88. The zero-order valence-corrected chi connectivity index (χ0v) is 11.5. The molecule has 3 aromatic rings. The molecule has 0 unspecified atom stereocenters. The van der Waals surface area contributed by atoms with Crippen LogP contribution >= 0.6 is 0 Å². The van der Waals surface area contributed by atoms with E-state index >= 15 is 0 Å². The molecule has 21 heavy (non-hydrogen) atoms. The lowest BCUT2D eigenvalue weighted by molar-refractivity contribution is 0.104. The molecule has 0 bridgehead atoms. The van der Waals surface area contributed by atoms with Crippen LogP contribution in [0.15, 0.2) is 59.0 Å². The molecule has 0 aliphatic carbocycles. The van der Waals surface area contributed by atoms with E-state index in [1.165, 1.54) is 5.56 Å². The van der Waals surface area contributed by atoms with E-state index in [4.69, 9.17) is 9.83 Å². The molecule has 1 N–H and O–H groups in total. The summed E-state index contributed by atoms with van der Waals surface area (Å²) >= 11 is 0. The Labute approximate surface area is 122 Å². The van der Waals surface area contributed by atoms with E-state index in [0.717, 1.165) is 30.0 Å². The normalized spacial score (nSPS) is 10.7. The summed E-state index contributed by atoms with van der Waals surface area (Å²) in [6, 6.07) is 17.8. The topological polar surface area (TPSA) is 54.1 Å². The van der Waals surface area contributed by atoms with E-state index < -0.39 is 0 Å². The number of carbonyl (C=O) groups is 1. The molecule has 0 spiro atoms. The van der Waals surface area contributed by atoms with Gasteiger partial charge in [0.2, 0.25) is 5.78 Å². The summed E-state index contributed by atoms with van der Waals surface area (Å²) in [5, 5.41) is 8.14. The maximum atomic E-state index is 11.9. The summed E-state index contributed by atoms with van der Waals surface area (Å²) in [4.78, 5) is 11.9. The van der Waals surface area contributed by atoms with Gasteiger partial charge in [0.15, 0.2) is 5.76 Å². The third-order valence-corrected chi connectivity index (χ3v) is 3.56. The molecule has 0 aliphatic heterocycles. The molecule has 0 amide bonds. The van der Waals surface area contributed by atoms with Crippen molar-refractivity contribution in [3.63, 3.8) is 0 Å². The Hall–Kier alpha value is -2.68. The maximum Gasteiger partial charge on any atom is 0.238 e. The van der Waals surface area contributed by atoms with Gasteiger partial charge in [0.1, 0.15) is 5.58 Å². The summed E-state index contributed by atoms with van der Waals surface area (Å²) in [6.07, 6.45) is 2.36. The predicted molar refractivity (Wildman–Crippen MR) is 83.2 cm³/mol. The highest BCUT2D eigenvalue weighted by molar-refractivity contribution is 6.34. The van der Waals surface area contributed by atoms with Gasteiger partial charge in [-0.3, -0.25) is 4.79 Å². The average Bonchev–Trinajstić information content (AvgIpc) is 2.92. The van der Waals surface area contributed by atoms with Crippen LogP contribution in [0.3, 0.4) is 0 Å². The van der Waals surface area contributed by atoms with E-state index in [1.54, 1.807) is 0 Å². The largest absolute Gasteiger partial charge is 0.452 e. The Balaban J connectivity index is 1.99. The summed E-state index contributed by atoms with van der Waals surface area (Å²) in [6.45, 7) is 0. The van der Waals surface area contributed by atoms with Crippen molar-refractivity contribution >= 4 is 23.0 Å². The first-order valence-corrected chi connectivity index (χ1v) is 6.88. The molecule has 1 heterocycles. The molecule has 1 aromatic heterocycles. The number of nitrogens with one attached hydrogen (secondary N) is 1. The van der Waals surface area contributed by atoms with Crippen molar-refractivity contribution in [2.75, 3.05) is 0 Å². The Bertz CT molecular complexity index is 787. The second-order valence-electron chi connectivity index (χ2n) is 4.90. The summed E-state index contributed by atoms with van der Waals surface area (Å²) in [5.74, 6) is -0.0867. The molecular weight excluding hydrogens is 262 g/mol. The molecule has 0 fully saturated rings. The third kappa shape index (κ3) is 2.63. The number of Topliss-reactive ketones (excluding diaryl/α,β-unsaturated/α-hetero) is 1. The number of rotatable bonds is 5. The van der Waals surface area contributed by atoms with Gasteiger partial charge in [0, 0.05) is 10.9 Å². The molecule has 0 aliphatic rings. The van der Waals surface area contributed by atoms with Gasteiger partial charge in [-0.2, -0.15) is 0 Å². The third-order valence-electron chi connectivity index (χ3n) is 3.56. The molecule has 3 heteroatoms. The fourth-order valence-electron chi connectivity index (χ4n) is 2.53. The number of carbonyl (C=O) groups excluding carboxylic acids is 1. The number of para-hydroxylation sites is 1. The van der Waals surface area contributed by atoms with Crippen LogP contribution in [-0.2, 0) is 12.8 Å². The molecule has 104 valence electrons. The predicted octanol–water partition coefficient (Wildman–Crippen LogP) is 4.05. The fraction of sp³-hybridized carbons (Fsp3) is 0.111. The number of aryl methyl sites for hydroxylation is 2. The van der Waals surface area contributed by atoms with Crippen LogP contribution in [0.1, 0.15) is 21.7 Å². The van der Waals surface area contributed by atoms with E-state index in [2.05, 4.69) is 12.1 Å². The van der Waals surface area contributed by atoms with Crippen molar-refractivity contribution in [2.24, 2.45) is 0 Å². The van der Waals surface area contributed by atoms with Crippen LogP contribution in [0.4, 0.5) is 0 Å². The van der Waals surface area contributed by atoms with Crippen molar-refractivity contribution in [3.05, 3.63) is 71.5 Å². The number of fused-ring (bicyclic) bond motifs is 1. The van der Waals surface area contributed by atoms with Gasteiger partial charge in [-0.05, 0) is 24.5 Å². The first kappa shape index (κ1) is 13.3. The lowest BCUT2D eigenvalue weighted by atomic mass is 10.0. The molecule has 0 saturated heterocycles. The average molecular weight is 277 g/mol. The number of benzene rings is 2. The number of furan rings is 1. The minimum atomic E-state index is -0.380. The summed E-state index contributed by atoms with van der Waals surface area (Å²) < 4.78 is 5.64. The van der Waals surface area contributed by atoms with Crippen LogP contribution in [0, 0.1) is 5.41 Å². The van der Waals surface area contributed by atoms with Gasteiger partial charge in [-0.15, -0.1) is 0 Å². The molecule has 0 saturated carbocycles. The minimum absolute atomic E-state index is 0.294. The van der Waals surface area contributed by atoms with Gasteiger partial charge in [0.05, 0.1) is 6.21 Å². The van der Waals surface area contributed by atoms with Crippen LogP contribution in [-0.4, -0.2) is 12.0 Å². The molecule has 2 aromatic carbocycles. The second kappa shape index (κ2) is 5.75. The zero-order valence-electron chi connectivity index (χ0n) is 11.5. The van der Waals surface area contributed by atoms with E-state index in [-0.39, 0.29) is 5.78 Å². The monoisotopic (exact) mass is 277 g/mol. The smallest absolute Gasteiger partial charge is 0.238 e. The van der Waals surface area contributed by atoms with E-state index in [9.17, 15) is 4.79 Å². The highest BCUT2D eigenvalue weighted by atomic mass is 16.3. The van der Waals surface area contributed by atoms with Crippen molar-refractivity contribution in [1.29, 1.82) is 5.41 Å². The van der Waals surface area contributed by atoms with Crippen molar-refractivity contribution in [3.8, 4) is 0 Å². The number of hydrogen-bond acceptors (Lipinski definition) is 3. The maximum absolute atomic E-state index is 11.9. The summed E-state index contributed by atoms with van der Waals surface area (Å²) in [7, 11) is 0. The van der Waals surface area contributed by atoms with Gasteiger partial charge >= 0.3 is 0 Å². The fourth-order valence-corrected chi connectivity index (χ4v) is 2.53. The van der Waals surface area contributed by atoms with Crippen molar-refractivity contribution in [2.45, 2.75) is 12.8 Å². The number of hydrogen-bond donors (Lipinski definition) is 1. The molecule has 3 rings (SSSR count). The molecule has 0 atom stereocenters. The molecule has 3 nitrogen and oxygen atoms in total. The van der Waals surface area contributed by atoms with Crippen molar-refractivity contribution in [1.82, 2.24) is 0 Å². The quantitative estimate of drug-likeness (QED) is 0.565. The van der Waals surface area contributed by atoms with Gasteiger partial charge in [0.25, 0.3) is 0 Å². The van der Waals surface area contributed by atoms with Crippen LogP contribution < -0.4 is 0 Å². The van der Waals surface area contributed by atoms with Crippen LogP contribution in [0.25, 0.3) is 11.0 Å². The first-order chi connectivity index (χ1) is 10.3. The van der Waals surface area contributed by atoms with Gasteiger partial charge in [-0.1, -0.05) is 48.5 Å². The zero-order chi connectivity index (χ0) is 14.7. The Kier molecular flexibility index (Phi) is 3.65. The van der Waals surface area contributed by atoms with E-state index in [1.807, 2.05) is 42.5 Å². The van der Waals surface area contributed by atoms with Crippen LogP contribution in [0.2, 0.25) is 0 Å². The van der Waals surface area contributed by atoms with Gasteiger partial charge in [-0.25, -0.2) is 0 Å². The van der Waals surface area contributed by atoms with Gasteiger partial charge < -0.3 is 9.83 Å².